The average molecular weight is 654 g/mol. The summed E-state index contributed by atoms with van der Waals surface area (Å²) in [5.41, 5.74) is 14.0. The van der Waals surface area contributed by atoms with Gasteiger partial charge in [0.1, 0.15) is 0 Å². The molecule has 0 saturated heterocycles. The fraction of sp³-hybridized carbons (Fsp3) is 0.0208. The molecule has 0 fully saturated rings. The van der Waals surface area contributed by atoms with E-state index in [1.54, 1.807) is 12.3 Å². The number of pyridine rings is 1. The van der Waals surface area contributed by atoms with Gasteiger partial charge >= 0.3 is 0 Å². The van der Waals surface area contributed by atoms with Crippen molar-refractivity contribution in [2.45, 2.75) is 6.92 Å². The smallest absolute Gasteiger partial charge is 0.160 e. The molecule has 0 spiro atoms. The highest BCUT2D eigenvalue weighted by atomic mass is 14.9. The van der Waals surface area contributed by atoms with Crippen LogP contribution in [-0.4, -0.2) is 15.0 Å². The van der Waals surface area contributed by atoms with Crippen molar-refractivity contribution in [2.24, 2.45) is 0 Å². The van der Waals surface area contributed by atoms with E-state index in [1.165, 1.54) is 33.0 Å². The van der Waals surface area contributed by atoms with Gasteiger partial charge < -0.3 is 0 Å². The van der Waals surface area contributed by atoms with Gasteiger partial charge in [0, 0.05) is 29.1 Å². The Kier molecular flexibility index (Phi) is 8.68. The van der Waals surface area contributed by atoms with Crippen LogP contribution in [0, 0.1) is 6.92 Å². The maximum absolute atomic E-state index is 5.14. The van der Waals surface area contributed by atoms with Crippen LogP contribution in [0.15, 0.2) is 183 Å². The Bertz CT molecular complexity index is 2510. The molecular formula is C48H35N3. The molecule has 6 aromatic carbocycles. The lowest BCUT2D eigenvalue weighted by atomic mass is 9.97. The molecule has 0 aliphatic carbocycles. The molecule has 0 radical (unpaired) electrons. The van der Waals surface area contributed by atoms with Crippen LogP contribution in [0.25, 0.3) is 84.1 Å². The summed E-state index contributed by atoms with van der Waals surface area (Å²) in [6, 6.07) is 53.4. The first kappa shape index (κ1) is 31.6. The van der Waals surface area contributed by atoms with Crippen LogP contribution in [0.4, 0.5) is 0 Å². The molecule has 0 atom stereocenters. The van der Waals surface area contributed by atoms with E-state index >= 15 is 0 Å². The zero-order valence-electron chi connectivity index (χ0n) is 28.4. The van der Waals surface area contributed by atoms with E-state index in [0.717, 1.165) is 50.3 Å². The molecule has 2 aromatic heterocycles. The van der Waals surface area contributed by atoms with Crippen LogP contribution in [0.3, 0.4) is 0 Å². The summed E-state index contributed by atoms with van der Waals surface area (Å²) in [5, 5.41) is 2.47. The average Bonchev–Trinajstić information content (AvgIpc) is 3.21. The Hall–Kier alpha value is -6.71. The molecule has 3 heteroatoms. The second-order valence-electron chi connectivity index (χ2n) is 12.6. The highest BCUT2D eigenvalue weighted by Gasteiger charge is 2.13. The van der Waals surface area contributed by atoms with Crippen LogP contribution in [0.5, 0.6) is 0 Å². The fourth-order valence-corrected chi connectivity index (χ4v) is 6.52. The number of rotatable bonds is 8. The van der Waals surface area contributed by atoms with E-state index in [0.29, 0.717) is 5.82 Å². The van der Waals surface area contributed by atoms with Gasteiger partial charge in [0.25, 0.3) is 0 Å². The molecule has 0 amide bonds. The van der Waals surface area contributed by atoms with Gasteiger partial charge in [-0.2, -0.15) is 0 Å². The van der Waals surface area contributed by atoms with E-state index in [1.807, 2.05) is 18.3 Å². The molecule has 51 heavy (non-hydrogen) atoms. The van der Waals surface area contributed by atoms with Gasteiger partial charge in [-0.05, 0) is 80.4 Å². The van der Waals surface area contributed by atoms with Crippen molar-refractivity contribution in [3.05, 3.63) is 194 Å². The van der Waals surface area contributed by atoms with Crippen molar-refractivity contribution in [2.75, 3.05) is 0 Å². The molecule has 0 bridgehead atoms. The maximum atomic E-state index is 5.14. The molecule has 242 valence electrons. The van der Waals surface area contributed by atoms with Crippen molar-refractivity contribution in [3.8, 4) is 67.3 Å². The predicted octanol–water partition coefficient (Wildman–Crippen LogP) is 12.5. The summed E-state index contributed by atoms with van der Waals surface area (Å²) in [5.74, 6) is 0.685. The van der Waals surface area contributed by atoms with Gasteiger partial charge in [-0.3, -0.25) is 4.98 Å². The quantitative estimate of drug-likeness (QED) is 0.153. The number of benzene rings is 6. The van der Waals surface area contributed by atoms with Gasteiger partial charge in [-0.1, -0.05) is 158 Å². The minimum Gasteiger partial charge on any atom is -0.264 e. The Morgan fingerprint density at radius 1 is 0.510 bits per heavy atom. The fourth-order valence-electron chi connectivity index (χ4n) is 6.52. The molecule has 2 heterocycles. The zero-order valence-corrected chi connectivity index (χ0v) is 28.4. The second-order valence-corrected chi connectivity index (χ2v) is 12.6. The monoisotopic (exact) mass is 653 g/mol. The van der Waals surface area contributed by atoms with E-state index in [-0.39, 0.29) is 0 Å². The third-order valence-electron chi connectivity index (χ3n) is 9.35. The summed E-state index contributed by atoms with van der Waals surface area (Å²) >= 11 is 0. The topological polar surface area (TPSA) is 38.7 Å². The van der Waals surface area contributed by atoms with Gasteiger partial charge in [0.2, 0.25) is 0 Å². The first-order valence-corrected chi connectivity index (χ1v) is 17.1. The van der Waals surface area contributed by atoms with E-state index < -0.39 is 0 Å². The van der Waals surface area contributed by atoms with Gasteiger partial charge in [0.15, 0.2) is 5.82 Å². The van der Waals surface area contributed by atoms with Crippen molar-refractivity contribution in [1.29, 1.82) is 0 Å². The van der Waals surface area contributed by atoms with Gasteiger partial charge in [-0.25, -0.2) is 9.97 Å². The predicted molar refractivity (Wildman–Crippen MR) is 214 cm³/mol. The number of hydrogen-bond donors (Lipinski definition) is 0. The van der Waals surface area contributed by atoms with E-state index in [4.69, 9.17) is 9.97 Å². The SMILES string of the molecule is C=C/C=C\c1cc(-c2ccc(-c3cc(-c4ccc(-c5cccnc5)cc4)nc(-c4ccc(-c5cccc6ccccc56)cc4)n3)cc2)ccc1C. The lowest BCUT2D eigenvalue weighted by Crippen LogP contribution is -1.96. The molecule has 8 rings (SSSR count). The Labute approximate surface area is 299 Å². The standard InChI is InChI=1S/C48H35N3/c1-3-4-9-41-30-42(16-15-33(41)2)34-17-23-38(24-18-34)46-31-47(39-25-19-35(20-26-39)43-12-8-29-49-32-43)51-48(50-46)40-27-21-37(22-28-40)45-14-7-11-36-10-5-6-13-44(36)45/h3-32H,1H2,2H3/b9-4-. The van der Waals surface area contributed by atoms with E-state index in [9.17, 15) is 0 Å². The van der Waals surface area contributed by atoms with Crippen LogP contribution in [0.1, 0.15) is 11.1 Å². The Balaban J connectivity index is 1.18. The molecule has 0 unspecified atom stereocenters. The largest absolute Gasteiger partial charge is 0.264 e. The summed E-state index contributed by atoms with van der Waals surface area (Å²) in [7, 11) is 0. The molecule has 0 aliphatic heterocycles. The number of hydrogen-bond acceptors (Lipinski definition) is 3. The molecule has 0 saturated carbocycles. The van der Waals surface area contributed by atoms with Crippen molar-refractivity contribution < 1.29 is 0 Å². The number of aromatic nitrogens is 3. The number of allylic oxidation sites excluding steroid dienone is 2. The summed E-state index contributed by atoms with van der Waals surface area (Å²) in [4.78, 5) is 14.6. The van der Waals surface area contributed by atoms with Crippen molar-refractivity contribution in [1.82, 2.24) is 15.0 Å². The first-order valence-electron chi connectivity index (χ1n) is 17.1. The summed E-state index contributed by atoms with van der Waals surface area (Å²) in [6.45, 7) is 5.95. The van der Waals surface area contributed by atoms with E-state index in [2.05, 4.69) is 170 Å². The third-order valence-corrected chi connectivity index (χ3v) is 9.35. The second kappa shape index (κ2) is 14.0. The van der Waals surface area contributed by atoms with Crippen LogP contribution >= 0.6 is 0 Å². The summed E-state index contributed by atoms with van der Waals surface area (Å²) in [6.07, 6.45) is 9.56. The van der Waals surface area contributed by atoms with Crippen LogP contribution in [0.2, 0.25) is 0 Å². The number of nitrogens with zero attached hydrogens (tertiary/aromatic N) is 3. The van der Waals surface area contributed by atoms with Crippen molar-refractivity contribution in [3.63, 3.8) is 0 Å². The maximum Gasteiger partial charge on any atom is 0.160 e. The minimum absolute atomic E-state index is 0.685. The lowest BCUT2D eigenvalue weighted by Gasteiger charge is -2.12. The van der Waals surface area contributed by atoms with Crippen molar-refractivity contribution >= 4 is 16.8 Å². The molecule has 0 N–H and O–H groups in total. The number of aryl methyl sites for hydroxylation is 1. The van der Waals surface area contributed by atoms with Crippen LogP contribution < -0.4 is 0 Å². The third kappa shape index (κ3) is 6.66. The van der Waals surface area contributed by atoms with Gasteiger partial charge in [-0.15, -0.1) is 0 Å². The zero-order chi connectivity index (χ0) is 34.6. The summed E-state index contributed by atoms with van der Waals surface area (Å²) < 4.78 is 0. The lowest BCUT2D eigenvalue weighted by molar-refractivity contribution is 1.18. The van der Waals surface area contributed by atoms with Crippen LogP contribution in [-0.2, 0) is 0 Å². The normalized spacial score (nSPS) is 11.2. The van der Waals surface area contributed by atoms with Gasteiger partial charge in [0.05, 0.1) is 11.4 Å². The Morgan fingerprint density at radius 2 is 1.12 bits per heavy atom. The minimum atomic E-state index is 0.685. The highest BCUT2D eigenvalue weighted by Crippen LogP contribution is 2.33. The molecular weight excluding hydrogens is 619 g/mol. The Morgan fingerprint density at radius 3 is 1.80 bits per heavy atom. The highest BCUT2D eigenvalue weighted by molar-refractivity contribution is 5.96. The molecule has 8 aromatic rings. The number of fused-ring (bicyclic) bond motifs is 1. The molecule has 0 aliphatic rings. The molecule has 3 nitrogen and oxygen atoms in total. The first-order chi connectivity index (χ1) is 25.1.